The summed E-state index contributed by atoms with van der Waals surface area (Å²) in [6.45, 7) is -0.436. The summed E-state index contributed by atoms with van der Waals surface area (Å²) in [5.74, 6) is -0.824. The van der Waals surface area contributed by atoms with Crippen LogP contribution in [0.4, 0.5) is 5.69 Å². The van der Waals surface area contributed by atoms with Crippen LogP contribution in [0.15, 0.2) is 18.2 Å². The second kappa shape index (κ2) is 7.13. The van der Waals surface area contributed by atoms with Crippen LogP contribution in [0, 0.1) is 0 Å². The number of carbonyl (C=O) groups excluding carboxylic acids is 3. The highest BCUT2D eigenvalue weighted by molar-refractivity contribution is 6.32. The molecule has 1 aliphatic heterocycles. The van der Waals surface area contributed by atoms with E-state index in [4.69, 9.17) is 21.1 Å². The standard InChI is InChI=1S/C14H15ClN2O5/c1-21-11-4-2-8(6-9(11)15)16-13(19)7-22-14(20)10-3-5-12(18)17-10/h2,4,6,10H,3,5,7H2,1H3,(H,16,19)(H,17,18)/t10-/m0/s1. The second-order valence-corrected chi connectivity index (χ2v) is 5.07. The first kappa shape index (κ1) is 16.1. The lowest BCUT2D eigenvalue weighted by Crippen LogP contribution is -2.36. The maximum absolute atomic E-state index is 11.7. The summed E-state index contributed by atoms with van der Waals surface area (Å²) < 4.78 is 9.86. The van der Waals surface area contributed by atoms with Gasteiger partial charge in [-0.05, 0) is 24.6 Å². The Kier molecular flexibility index (Phi) is 5.21. The number of hydrogen-bond donors (Lipinski definition) is 2. The summed E-state index contributed by atoms with van der Waals surface area (Å²) in [7, 11) is 1.49. The van der Waals surface area contributed by atoms with Gasteiger partial charge in [0.1, 0.15) is 11.8 Å². The number of anilines is 1. The summed E-state index contributed by atoms with van der Waals surface area (Å²) in [6, 6.07) is 4.08. The van der Waals surface area contributed by atoms with Crippen molar-refractivity contribution < 1.29 is 23.9 Å². The monoisotopic (exact) mass is 326 g/mol. The predicted octanol–water partition coefficient (Wildman–Crippen LogP) is 1.11. The Bertz CT molecular complexity index is 605. The van der Waals surface area contributed by atoms with E-state index in [1.165, 1.54) is 13.2 Å². The van der Waals surface area contributed by atoms with Crippen molar-refractivity contribution in [3.63, 3.8) is 0 Å². The molecule has 22 heavy (non-hydrogen) atoms. The number of halogens is 1. The molecule has 0 spiro atoms. The van der Waals surface area contributed by atoms with Crippen LogP contribution in [0.25, 0.3) is 0 Å². The van der Waals surface area contributed by atoms with Gasteiger partial charge in [-0.25, -0.2) is 4.79 Å². The quantitative estimate of drug-likeness (QED) is 0.791. The van der Waals surface area contributed by atoms with Crippen molar-refractivity contribution in [3.8, 4) is 5.75 Å². The van der Waals surface area contributed by atoms with Crippen LogP contribution in [0.5, 0.6) is 5.75 Å². The Labute approximate surface area is 131 Å². The lowest BCUT2D eigenvalue weighted by Gasteiger charge is -2.11. The molecule has 2 amide bonds. The Morgan fingerprint density at radius 3 is 2.82 bits per heavy atom. The third-order valence-corrected chi connectivity index (χ3v) is 3.36. The van der Waals surface area contributed by atoms with Crippen LogP contribution in [-0.2, 0) is 19.1 Å². The molecule has 1 aromatic carbocycles. The SMILES string of the molecule is COc1ccc(NC(=O)COC(=O)[C@@H]2CCC(=O)N2)cc1Cl. The van der Waals surface area contributed by atoms with Crippen LogP contribution in [0.1, 0.15) is 12.8 Å². The molecular formula is C14H15ClN2O5. The third kappa shape index (κ3) is 4.11. The lowest BCUT2D eigenvalue weighted by molar-refractivity contribution is -0.149. The minimum atomic E-state index is -0.671. The molecule has 2 N–H and O–H groups in total. The zero-order valence-electron chi connectivity index (χ0n) is 11.8. The molecule has 7 nitrogen and oxygen atoms in total. The van der Waals surface area contributed by atoms with Gasteiger partial charge in [0, 0.05) is 12.1 Å². The molecule has 8 heteroatoms. The van der Waals surface area contributed by atoms with E-state index >= 15 is 0 Å². The molecule has 0 bridgehead atoms. The number of nitrogens with one attached hydrogen (secondary N) is 2. The number of benzene rings is 1. The molecule has 118 valence electrons. The van der Waals surface area contributed by atoms with Crippen LogP contribution in [-0.4, -0.2) is 37.5 Å². The van der Waals surface area contributed by atoms with E-state index in [0.29, 0.717) is 22.9 Å². The zero-order valence-corrected chi connectivity index (χ0v) is 12.6. The van der Waals surface area contributed by atoms with E-state index in [-0.39, 0.29) is 12.3 Å². The van der Waals surface area contributed by atoms with Gasteiger partial charge in [-0.3, -0.25) is 9.59 Å². The Morgan fingerprint density at radius 1 is 1.45 bits per heavy atom. The first-order valence-corrected chi connectivity index (χ1v) is 6.97. The Hall–Kier alpha value is -2.28. The van der Waals surface area contributed by atoms with Gasteiger partial charge in [0.15, 0.2) is 6.61 Å². The number of amides is 2. The van der Waals surface area contributed by atoms with Crippen LogP contribution >= 0.6 is 11.6 Å². The van der Waals surface area contributed by atoms with Gasteiger partial charge in [-0.15, -0.1) is 0 Å². The highest BCUT2D eigenvalue weighted by Gasteiger charge is 2.28. The number of hydrogen-bond acceptors (Lipinski definition) is 5. The Balaban J connectivity index is 1.81. The summed E-state index contributed by atoms with van der Waals surface area (Å²) in [5, 5.41) is 5.37. The molecule has 2 rings (SSSR count). The molecule has 1 aliphatic rings. The summed E-state index contributed by atoms with van der Waals surface area (Å²) in [4.78, 5) is 34.3. The van der Waals surface area contributed by atoms with E-state index in [0.717, 1.165) is 0 Å². The predicted molar refractivity (Wildman–Crippen MR) is 78.8 cm³/mol. The van der Waals surface area contributed by atoms with E-state index in [9.17, 15) is 14.4 Å². The fourth-order valence-corrected chi connectivity index (χ4v) is 2.23. The van der Waals surface area contributed by atoms with Gasteiger partial charge in [0.05, 0.1) is 12.1 Å². The number of carbonyl (C=O) groups is 3. The molecule has 0 radical (unpaired) electrons. The fraction of sp³-hybridized carbons (Fsp3) is 0.357. The van der Waals surface area contributed by atoms with Crippen molar-refractivity contribution in [2.45, 2.75) is 18.9 Å². The van der Waals surface area contributed by atoms with Crippen molar-refractivity contribution in [1.82, 2.24) is 5.32 Å². The molecule has 1 saturated heterocycles. The van der Waals surface area contributed by atoms with Crippen molar-refractivity contribution >= 4 is 35.1 Å². The van der Waals surface area contributed by atoms with Crippen LogP contribution in [0.3, 0.4) is 0 Å². The fourth-order valence-electron chi connectivity index (χ4n) is 1.97. The van der Waals surface area contributed by atoms with Gasteiger partial charge >= 0.3 is 5.97 Å². The van der Waals surface area contributed by atoms with Gasteiger partial charge in [0.25, 0.3) is 5.91 Å². The molecule has 0 aliphatic carbocycles. The molecule has 1 atom stereocenters. The third-order valence-electron chi connectivity index (χ3n) is 3.06. The summed E-state index contributed by atoms with van der Waals surface area (Å²) in [6.07, 6.45) is 0.670. The van der Waals surface area contributed by atoms with Gasteiger partial charge in [-0.2, -0.15) is 0 Å². The van der Waals surface area contributed by atoms with E-state index in [2.05, 4.69) is 10.6 Å². The van der Waals surface area contributed by atoms with Crippen molar-refractivity contribution in [3.05, 3.63) is 23.2 Å². The van der Waals surface area contributed by atoms with Gasteiger partial charge in [0.2, 0.25) is 5.91 Å². The van der Waals surface area contributed by atoms with E-state index in [1.54, 1.807) is 12.1 Å². The molecular weight excluding hydrogens is 312 g/mol. The highest BCUT2D eigenvalue weighted by atomic mass is 35.5. The zero-order chi connectivity index (χ0) is 16.1. The molecule has 0 aromatic heterocycles. The summed E-state index contributed by atoms with van der Waals surface area (Å²) in [5.41, 5.74) is 0.459. The molecule has 1 fully saturated rings. The van der Waals surface area contributed by atoms with Gasteiger partial charge in [-0.1, -0.05) is 11.6 Å². The second-order valence-electron chi connectivity index (χ2n) is 4.66. The maximum atomic E-state index is 11.7. The number of ether oxygens (including phenoxy) is 2. The number of rotatable bonds is 5. The minimum Gasteiger partial charge on any atom is -0.495 e. The van der Waals surface area contributed by atoms with Crippen molar-refractivity contribution in [1.29, 1.82) is 0 Å². The van der Waals surface area contributed by atoms with Crippen molar-refractivity contribution in [2.75, 3.05) is 19.0 Å². The smallest absolute Gasteiger partial charge is 0.329 e. The average molecular weight is 327 g/mol. The normalized spacial score (nSPS) is 16.8. The number of esters is 1. The topological polar surface area (TPSA) is 93.7 Å². The molecule has 1 heterocycles. The van der Waals surface area contributed by atoms with E-state index in [1.807, 2.05) is 0 Å². The maximum Gasteiger partial charge on any atom is 0.329 e. The van der Waals surface area contributed by atoms with E-state index < -0.39 is 24.5 Å². The molecule has 1 aromatic rings. The summed E-state index contributed by atoms with van der Waals surface area (Å²) >= 11 is 5.94. The number of methoxy groups -OCH3 is 1. The van der Waals surface area contributed by atoms with Crippen LogP contribution < -0.4 is 15.4 Å². The first-order chi connectivity index (χ1) is 10.5. The van der Waals surface area contributed by atoms with Crippen molar-refractivity contribution in [2.24, 2.45) is 0 Å². The Morgan fingerprint density at radius 2 is 2.23 bits per heavy atom. The lowest BCUT2D eigenvalue weighted by atomic mass is 10.2. The molecule has 0 unspecified atom stereocenters. The van der Waals surface area contributed by atoms with Gasteiger partial charge < -0.3 is 20.1 Å². The molecule has 0 saturated carbocycles. The first-order valence-electron chi connectivity index (χ1n) is 6.59. The average Bonchev–Trinajstić information content (AvgIpc) is 2.91. The minimum absolute atomic E-state index is 0.195. The largest absolute Gasteiger partial charge is 0.495 e. The van der Waals surface area contributed by atoms with Crippen LogP contribution in [0.2, 0.25) is 5.02 Å². The highest BCUT2D eigenvalue weighted by Crippen LogP contribution is 2.27.